The summed E-state index contributed by atoms with van der Waals surface area (Å²) in [6.07, 6.45) is -0.181. The summed E-state index contributed by atoms with van der Waals surface area (Å²) in [5.41, 5.74) is 0.292. The van der Waals surface area contributed by atoms with Crippen LogP contribution in [0.15, 0.2) is 6.07 Å². The van der Waals surface area contributed by atoms with Gasteiger partial charge in [0.05, 0.1) is 17.5 Å². The van der Waals surface area contributed by atoms with Crippen LogP contribution in [0.2, 0.25) is 5.02 Å². The van der Waals surface area contributed by atoms with Gasteiger partial charge in [0.15, 0.2) is 0 Å². The molecule has 0 aliphatic rings. The van der Waals surface area contributed by atoms with Crippen LogP contribution in [0.4, 0.5) is 4.39 Å². The Balaban J connectivity index is 3.39. The molecule has 13 heavy (non-hydrogen) atoms. The number of aryl methyl sites for hydroxylation is 1. The third-order valence-corrected chi connectivity index (χ3v) is 2.01. The lowest BCUT2D eigenvalue weighted by molar-refractivity contribution is 0.460. The number of hydrogen-bond donors (Lipinski definition) is 1. The van der Waals surface area contributed by atoms with Crippen molar-refractivity contribution in [3.63, 3.8) is 0 Å². The Morgan fingerprint density at radius 3 is 2.85 bits per heavy atom. The monoisotopic (exact) mass is 199 g/mol. The van der Waals surface area contributed by atoms with Gasteiger partial charge in [-0.2, -0.15) is 5.26 Å². The van der Waals surface area contributed by atoms with Crippen LogP contribution in [0.25, 0.3) is 0 Å². The molecule has 1 N–H and O–H groups in total. The maximum absolute atomic E-state index is 13.3. The standard InChI is InChI=1S/C9H7ClFNO/c1-5-4-7(10)9(13)6(2-3-12)8(5)11/h4,13H,2H2,1H3. The van der Waals surface area contributed by atoms with Gasteiger partial charge in [-0.25, -0.2) is 4.39 Å². The molecule has 0 radical (unpaired) electrons. The summed E-state index contributed by atoms with van der Waals surface area (Å²) in [6.45, 7) is 1.53. The number of aromatic hydroxyl groups is 1. The SMILES string of the molecule is Cc1cc(Cl)c(O)c(CC#N)c1F. The molecule has 0 aromatic heterocycles. The summed E-state index contributed by atoms with van der Waals surface area (Å²) in [5, 5.41) is 17.8. The molecule has 0 bridgehead atoms. The van der Waals surface area contributed by atoms with Crippen molar-refractivity contribution in [3.8, 4) is 11.8 Å². The van der Waals surface area contributed by atoms with Crippen LogP contribution < -0.4 is 0 Å². The molecule has 1 aromatic rings. The van der Waals surface area contributed by atoms with E-state index in [-0.39, 0.29) is 22.8 Å². The molecule has 4 heteroatoms. The fourth-order valence-electron chi connectivity index (χ4n) is 1.05. The van der Waals surface area contributed by atoms with Crippen LogP contribution in [0.1, 0.15) is 11.1 Å². The van der Waals surface area contributed by atoms with Gasteiger partial charge in [-0.05, 0) is 18.6 Å². The molecule has 0 saturated heterocycles. The van der Waals surface area contributed by atoms with Crippen LogP contribution >= 0.6 is 11.6 Å². The van der Waals surface area contributed by atoms with E-state index >= 15 is 0 Å². The Morgan fingerprint density at radius 1 is 1.69 bits per heavy atom. The normalized spacial score (nSPS) is 9.69. The zero-order chi connectivity index (χ0) is 10.0. The van der Waals surface area contributed by atoms with E-state index in [0.717, 1.165) is 0 Å². The second-order valence-electron chi connectivity index (χ2n) is 2.65. The van der Waals surface area contributed by atoms with Crippen LogP contribution in [0, 0.1) is 24.1 Å². The quantitative estimate of drug-likeness (QED) is 0.756. The van der Waals surface area contributed by atoms with Gasteiger partial charge in [0.2, 0.25) is 0 Å². The van der Waals surface area contributed by atoms with Gasteiger partial charge in [-0.15, -0.1) is 0 Å². The predicted octanol–water partition coefficient (Wildman–Crippen LogP) is 2.56. The van der Waals surface area contributed by atoms with Crippen LogP contribution in [-0.4, -0.2) is 5.11 Å². The minimum absolute atomic E-state index is 0.0347. The van der Waals surface area contributed by atoms with Crippen molar-refractivity contribution in [2.45, 2.75) is 13.3 Å². The highest BCUT2D eigenvalue weighted by molar-refractivity contribution is 6.32. The minimum atomic E-state index is -0.566. The molecule has 0 aliphatic carbocycles. The smallest absolute Gasteiger partial charge is 0.141 e. The highest BCUT2D eigenvalue weighted by Crippen LogP contribution is 2.31. The summed E-state index contributed by atoms with van der Waals surface area (Å²) < 4.78 is 13.3. The molecule has 0 atom stereocenters. The summed E-state index contributed by atoms with van der Waals surface area (Å²) in [7, 11) is 0. The first-order valence-electron chi connectivity index (χ1n) is 3.61. The Labute approximate surface area is 80.2 Å². The average molecular weight is 200 g/mol. The first kappa shape index (κ1) is 9.82. The second kappa shape index (κ2) is 3.63. The number of benzene rings is 1. The summed E-state index contributed by atoms with van der Waals surface area (Å²) in [4.78, 5) is 0. The lowest BCUT2D eigenvalue weighted by Gasteiger charge is -2.06. The van der Waals surface area contributed by atoms with Gasteiger partial charge in [0.25, 0.3) is 0 Å². The van der Waals surface area contributed by atoms with E-state index in [9.17, 15) is 9.50 Å². The Kier molecular flexibility index (Phi) is 2.74. The number of phenols is 1. The zero-order valence-corrected chi connectivity index (χ0v) is 7.69. The topological polar surface area (TPSA) is 44.0 Å². The summed E-state index contributed by atoms with van der Waals surface area (Å²) >= 11 is 5.60. The summed E-state index contributed by atoms with van der Waals surface area (Å²) in [6, 6.07) is 3.09. The van der Waals surface area contributed by atoms with Gasteiger partial charge >= 0.3 is 0 Å². The average Bonchev–Trinajstić information content (AvgIpc) is 2.09. The predicted molar refractivity (Wildman–Crippen MR) is 47.1 cm³/mol. The second-order valence-corrected chi connectivity index (χ2v) is 3.06. The van der Waals surface area contributed by atoms with Crippen molar-refractivity contribution in [2.24, 2.45) is 0 Å². The first-order valence-corrected chi connectivity index (χ1v) is 3.99. The maximum Gasteiger partial charge on any atom is 0.141 e. The highest BCUT2D eigenvalue weighted by Gasteiger charge is 2.13. The molecule has 1 rings (SSSR count). The number of halogens is 2. The molecule has 0 amide bonds. The lowest BCUT2D eigenvalue weighted by atomic mass is 10.1. The van der Waals surface area contributed by atoms with Gasteiger partial charge in [0.1, 0.15) is 11.6 Å². The van der Waals surface area contributed by atoms with E-state index in [1.165, 1.54) is 13.0 Å². The highest BCUT2D eigenvalue weighted by atomic mass is 35.5. The summed E-state index contributed by atoms with van der Waals surface area (Å²) in [5.74, 6) is -0.908. The molecule has 1 aromatic carbocycles. The zero-order valence-electron chi connectivity index (χ0n) is 6.93. The van der Waals surface area contributed by atoms with Crippen molar-refractivity contribution in [3.05, 3.63) is 28.0 Å². The fraction of sp³-hybridized carbons (Fsp3) is 0.222. The van der Waals surface area contributed by atoms with E-state index < -0.39 is 5.82 Å². The molecule has 0 heterocycles. The van der Waals surface area contributed by atoms with E-state index in [1.807, 2.05) is 0 Å². The molecule has 0 saturated carbocycles. The van der Waals surface area contributed by atoms with E-state index in [1.54, 1.807) is 6.07 Å². The van der Waals surface area contributed by atoms with Crippen molar-refractivity contribution in [2.75, 3.05) is 0 Å². The molecule has 2 nitrogen and oxygen atoms in total. The molecule has 68 valence electrons. The molecule has 0 spiro atoms. The Hall–Kier alpha value is -1.27. The van der Waals surface area contributed by atoms with Gasteiger partial charge in [0, 0.05) is 5.56 Å². The third-order valence-electron chi connectivity index (χ3n) is 1.72. The number of nitrogens with zero attached hydrogens (tertiary/aromatic N) is 1. The van der Waals surface area contributed by atoms with Crippen LogP contribution in [0.3, 0.4) is 0 Å². The van der Waals surface area contributed by atoms with E-state index in [4.69, 9.17) is 16.9 Å². The van der Waals surface area contributed by atoms with Gasteiger partial charge < -0.3 is 5.11 Å². The maximum atomic E-state index is 13.3. The van der Waals surface area contributed by atoms with Crippen LogP contribution in [0.5, 0.6) is 5.75 Å². The molecule has 0 fully saturated rings. The van der Waals surface area contributed by atoms with Gasteiger partial charge in [-0.1, -0.05) is 11.6 Å². The first-order chi connectivity index (χ1) is 6.07. The fourth-order valence-corrected chi connectivity index (χ4v) is 1.33. The van der Waals surface area contributed by atoms with E-state index in [2.05, 4.69) is 0 Å². The van der Waals surface area contributed by atoms with Crippen molar-refractivity contribution < 1.29 is 9.50 Å². The van der Waals surface area contributed by atoms with Crippen molar-refractivity contribution in [1.82, 2.24) is 0 Å². The number of nitriles is 1. The lowest BCUT2D eigenvalue weighted by Crippen LogP contribution is -1.93. The molecule has 0 unspecified atom stereocenters. The Bertz CT molecular complexity index is 358. The molecule has 0 aliphatic heterocycles. The minimum Gasteiger partial charge on any atom is -0.506 e. The Morgan fingerprint density at radius 2 is 2.31 bits per heavy atom. The molecular weight excluding hydrogens is 193 g/mol. The van der Waals surface area contributed by atoms with Crippen molar-refractivity contribution >= 4 is 11.6 Å². The van der Waals surface area contributed by atoms with Crippen LogP contribution in [-0.2, 0) is 6.42 Å². The number of rotatable bonds is 1. The van der Waals surface area contributed by atoms with Crippen molar-refractivity contribution in [1.29, 1.82) is 5.26 Å². The van der Waals surface area contributed by atoms with Gasteiger partial charge in [-0.3, -0.25) is 0 Å². The van der Waals surface area contributed by atoms with E-state index in [0.29, 0.717) is 5.56 Å². The largest absolute Gasteiger partial charge is 0.506 e. The third kappa shape index (κ3) is 1.73. The number of hydrogen-bond acceptors (Lipinski definition) is 2. The molecular formula is C9H7ClFNO. The number of phenolic OH excluding ortho intramolecular Hbond substituents is 1.